The average Bonchev–Trinajstić information content (AvgIpc) is 3.17. The van der Waals surface area contributed by atoms with Gasteiger partial charge in [-0.25, -0.2) is 0 Å². The molecule has 0 aliphatic heterocycles. The lowest BCUT2D eigenvalue weighted by atomic mass is 9.90. The third kappa shape index (κ3) is 3.59. The number of pyridine rings is 1. The topological polar surface area (TPSA) is 66.0 Å². The summed E-state index contributed by atoms with van der Waals surface area (Å²) in [7, 11) is 3.13. The van der Waals surface area contributed by atoms with Crippen LogP contribution in [0.25, 0.3) is 16.6 Å². The summed E-state index contributed by atoms with van der Waals surface area (Å²) < 4.78 is 12.8. The Bertz CT molecular complexity index is 1180. The molecule has 4 aromatic rings. The molecule has 152 valence electrons. The maximum Gasteiger partial charge on any atom is 0.216 e. The van der Waals surface area contributed by atoms with Gasteiger partial charge in [0.05, 0.1) is 20.1 Å². The van der Waals surface area contributed by atoms with Crippen molar-refractivity contribution in [2.24, 2.45) is 0 Å². The fraction of sp³-hybridized carbons (Fsp3) is 0.167. The molecular weight excluding hydrogens is 380 g/mol. The molecule has 1 unspecified atom stereocenters. The van der Waals surface area contributed by atoms with Crippen LogP contribution < -0.4 is 9.47 Å². The second-order valence-electron chi connectivity index (χ2n) is 6.99. The number of rotatable bonds is 7. The van der Waals surface area contributed by atoms with E-state index in [0.29, 0.717) is 11.5 Å². The second kappa shape index (κ2) is 8.29. The third-order valence-corrected chi connectivity index (χ3v) is 5.28. The number of ether oxygens (including phenoxy) is 2. The standard InChI is InChI=1S/C24H22N2O4/c1-29-22-12-11-18(14-23(22)30-2)21(16-26(27)28)24-20(17-8-4-3-5-9-17)15-19-10-6-7-13-25(19)24/h3-15,21H,16H2,1-2H3. The summed E-state index contributed by atoms with van der Waals surface area (Å²) in [6.45, 7) is -0.240. The number of hydrogen-bond donors (Lipinski definition) is 0. The van der Waals surface area contributed by atoms with E-state index in [9.17, 15) is 10.1 Å². The lowest BCUT2D eigenvalue weighted by molar-refractivity contribution is -0.481. The first-order valence-electron chi connectivity index (χ1n) is 9.61. The number of nitro groups is 1. The molecule has 30 heavy (non-hydrogen) atoms. The molecule has 2 aromatic heterocycles. The van der Waals surface area contributed by atoms with E-state index in [1.54, 1.807) is 20.3 Å². The first-order valence-corrected chi connectivity index (χ1v) is 9.61. The molecule has 0 spiro atoms. The Labute approximate surface area is 174 Å². The van der Waals surface area contributed by atoms with Crippen molar-refractivity contribution in [1.29, 1.82) is 0 Å². The summed E-state index contributed by atoms with van der Waals surface area (Å²) in [5, 5.41) is 11.7. The SMILES string of the molecule is COc1ccc(C(C[N+](=O)[O-])c2c(-c3ccccc3)cc3ccccn23)cc1OC. The Morgan fingerprint density at radius 2 is 1.67 bits per heavy atom. The molecule has 0 saturated carbocycles. The van der Waals surface area contributed by atoms with Gasteiger partial charge in [-0.05, 0) is 41.5 Å². The molecule has 6 nitrogen and oxygen atoms in total. The quantitative estimate of drug-likeness (QED) is 0.321. The molecule has 0 aliphatic carbocycles. The molecule has 2 aromatic carbocycles. The van der Waals surface area contributed by atoms with Gasteiger partial charge in [0.15, 0.2) is 11.5 Å². The van der Waals surface area contributed by atoms with E-state index in [1.807, 2.05) is 71.3 Å². The van der Waals surface area contributed by atoms with E-state index in [1.165, 1.54) is 0 Å². The molecule has 0 saturated heterocycles. The molecule has 2 heterocycles. The molecule has 0 aliphatic rings. The van der Waals surface area contributed by atoms with Crippen LogP contribution in [0, 0.1) is 10.1 Å². The van der Waals surface area contributed by atoms with Crippen molar-refractivity contribution < 1.29 is 14.4 Å². The minimum Gasteiger partial charge on any atom is -0.493 e. The zero-order chi connectivity index (χ0) is 21.1. The average molecular weight is 402 g/mol. The van der Waals surface area contributed by atoms with Crippen molar-refractivity contribution in [2.45, 2.75) is 5.92 Å². The highest BCUT2D eigenvalue weighted by Crippen LogP contribution is 2.39. The summed E-state index contributed by atoms with van der Waals surface area (Å²) in [4.78, 5) is 11.4. The van der Waals surface area contributed by atoms with Gasteiger partial charge >= 0.3 is 0 Å². The molecule has 0 N–H and O–H groups in total. The Morgan fingerprint density at radius 1 is 0.933 bits per heavy atom. The van der Waals surface area contributed by atoms with Crippen molar-refractivity contribution >= 4 is 5.52 Å². The van der Waals surface area contributed by atoms with Crippen LogP contribution in [0.5, 0.6) is 11.5 Å². The Hall–Kier alpha value is -3.80. The van der Waals surface area contributed by atoms with Crippen molar-refractivity contribution in [3.05, 3.63) is 100 Å². The number of aromatic nitrogens is 1. The first kappa shape index (κ1) is 19.5. The van der Waals surface area contributed by atoms with E-state index in [2.05, 4.69) is 6.07 Å². The smallest absolute Gasteiger partial charge is 0.216 e. The van der Waals surface area contributed by atoms with Crippen LogP contribution in [0.4, 0.5) is 0 Å². The van der Waals surface area contributed by atoms with Gasteiger partial charge in [-0.15, -0.1) is 0 Å². The van der Waals surface area contributed by atoms with Crippen molar-refractivity contribution in [2.75, 3.05) is 20.8 Å². The maximum atomic E-state index is 11.7. The number of hydrogen-bond acceptors (Lipinski definition) is 4. The van der Waals surface area contributed by atoms with Crippen LogP contribution in [-0.2, 0) is 0 Å². The van der Waals surface area contributed by atoms with E-state index in [-0.39, 0.29) is 11.5 Å². The van der Waals surface area contributed by atoms with Gasteiger partial charge in [0.1, 0.15) is 0 Å². The van der Waals surface area contributed by atoms with Gasteiger partial charge in [-0.3, -0.25) is 10.1 Å². The van der Waals surface area contributed by atoms with Crippen LogP contribution in [-0.4, -0.2) is 30.1 Å². The van der Waals surface area contributed by atoms with Crippen LogP contribution >= 0.6 is 0 Å². The highest BCUT2D eigenvalue weighted by atomic mass is 16.6. The zero-order valence-electron chi connectivity index (χ0n) is 16.8. The summed E-state index contributed by atoms with van der Waals surface area (Å²) in [5.41, 5.74) is 4.65. The molecule has 1 atom stereocenters. The first-order chi connectivity index (χ1) is 14.6. The van der Waals surface area contributed by atoms with Crippen LogP contribution in [0.1, 0.15) is 17.2 Å². The van der Waals surface area contributed by atoms with Crippen LogP contribution in [0.15, 0.2) is 79.0 Å². The summed E-state index contributed by atoms with van der Waals surface area (Å²) in [6.07, 6.45) is 1.95. The minimum absolute atomic E-state index is 0.240. The molecular formula is C24H22N2O4. The summed E-state index contributed by atoms with van der Waals surface area (Å²) >= 11 is 0. The van der Waals surface area contributed by atoms with Gasteiger partial charge in [-0.1, -0.05) is 42.5 Å². The molecule has 4 rings (SSSR count). The number of benzene rings is 2. The molecule has 0 radical (unpaired) electrons. The van der Waals surface area contributed by atoms with Crippen molar-refractivity contribution in [1.82, 2.24) is 4.40 Å². The van der Waals surface area contributed by atoms with Crippen LogP contribution in [0.3, 0.4) is 0 Å². The predicted octanol–water partition coefficient (Wildman–Crippen LogP) is 5.03. The fourth-order valence-corrected chi connectivity index (χ4v) is 3.92. The molecule has 0 amide bonds. The van der Waals surface area contributed by atoms with Crippen molar-refractivity contribution in [3.63, 3.8) is 0 Å². The van der Waals surface area contributed by atoms with Gasteiger partial charge in [0.25, 0.3) is 0 Å². The van der Waals surface area contributed by atoms with E-state index < -0.39 is 5.92 Å². The maximum absolute atomic E-state index is 11.7. The van der Waals surface area contributed by atoms with Crippen molar-refractivity contribution in [3.8, 4) is 22.6 Å². The Morgan fingerprint density at radius 3 is 2.37 bits per heavy atom. The minimum atomic E-state index is -0.472. The summed E-state index contributed by atoms with van der Waals surface area (Å²) in [6, 6.07) is 23.4. The highest BCUT2D eigenvalue weighted by molar-refractivity contribution is 5.75. The van der Waals surface area contributed by atoms with E-state index >= 15 is 0 Å². The lowest BCUT2D eigenvalue weighted by Gasteiger charge is -2.18. The second-order valence-corrected chi connectivity index (χ2v) is 6.99. The third-order valence-electron chi connectivity index (χ3n) is 5.28. The molecule has 0 bridgehead atoms. The highest BCUT2D eigenvalue weighted by Gasteiger charge is 2.28. The molecule has 0 fully saturated rings. The van der Waals surface area contributed by atoms with E-state index in [4.69, 9.17) is 9.47 Å². The lowest BCUT2D eigenvalue weighted by Crippen LogP contribution is -2.16. The summed E-state index contributed by atoms with van der Waals surface area (Å²) in [5.74, 6) is 0.662. The Kier molecular flexibility index (Phi) is 5.39. The fourth-order valence-electron chi connectivity index (χ4n) is 3.92. The van der Waals surface area contributed by atoms with Crippen LogP contribution in [0.2, 0.25) is 0 Å². The normalized spacial score (nSPS) is 11.9. The zero-order valence-corrected chi connectivity index (χ0v) is 16.8. The monoisotopic (exact) mass is 402 g/mol. The predicted molar refractivity (Wildman–Crippen MR) is 116 cm³/mol. The van der Waals surface area contributed by atoms with Gasteiger partial charge in [0, 0.05) is 27.9 Å². The van der Waals surface area contributed by atoms with Gasteiger partial charge in [0.2, 0.25) is 6.54 Å². The van der Waals surface area contributed by atoms with Gasteiger partial charge < -0.3 is 13.9 Å². The number of fused-ring (bicyclic) bond motifs is 1. The number of nitrogens with zero attached hydrogens (tertiary/aromatic N) is 2. The largest absolute Gasteiger partial charge is 0.493 e. The van der Waals surface area contributed by atoms with Gasteiger partial charge in [-0.2, -0.15) is 0 Å². The van der Waals surface area contributed by atoms with E-state index in [0.717, 1.165) is 27.9 Å². The number of methoxy groups -OCH3 is 2. The Balaban J connectivity index is 1.97. The molecule has 6 heteroatoms.